The van der Waals surface area contributed by atoms with Crippen LogP contribution in [0.3, 0.4) is 0 Å². The van der Waals surface area contributed by atoms with Gasteiger partial charge in [0.05, 0.1) is 0 Å². The maximum atomic E-state index is 6.04. The summed E-state index contributed by atoms with van der Waals surface area (Å²) in [7, 11) is 0. The molecule has 0 atom stereocenters. The maximum Gasteiger partial charge on any atom is 0.0381 e. The van der Waals surface area contributed by atoms with E-state index in [1.807, 2.05) is 0 Å². The molecule has 72 valence electrons. The van der Waals surface area contributed by atoms with E-state index in [1.54, 1.807) is 0 Å². The third kappa shape index (κ3) is 2.03. The van der Waals surface area contributed by atoms with Crippen molar-refractivity contribution in [2.24, 2.45) is 0 Å². The highest BCUT2D eigenvalue weighted by Crippen LogP contribution is 2.30. The molecule has 1 aromatic carbocycles. The van der Waals surface area contributed by atoms with Gasteiger partial charge in [0, 0.05) is 5.69 Å². The third-order valence-electron chi connectivity index (χ3n) is 2.34. The van der Waals surface area contributed by atoms with Crippen LogP contribution in [0.4, 0.5) is 5.69 Å². The van der Waals surface area contributed by atoms with Crippen LogP contribution in [0.25, 0.3) is 0 Å². The summed E-state index contributed by atoms with van der Waals surface area (Å²) in [5, 5.41) is 0. The summed E-state index contributed by atoms with van der Waals surface area (Å²) >= 11 is 0. The predicted octanol–water partition coefficient (Wildman–Crippen LogP) is 3.18. The van der Waals surface area contributed by atoms with Crippen molar-refractivity contribution in [2.45, 2.75) is 40.0 Å². The highest BCUT2D eigenvalue weighted by molar-refractivity contribution is 5.57. The molecule has 0 aromatic heterocycles. The van der Waals surface area contributed by atoms with Crippen molar-refractivity contribution in [2.75, 3.05) is 5.73 Å². The van der Waals surface area contributed by atoms with Crippen LogP contribution in [0.5, 0.6) is 0 Å². The standard InChI is InChI=1S/C12H19N/c1-8-6-9(2)11(13)10(7-8)12(3,4)5/h6-7H,13H2,1-5H3. The Balaban J connectivity index is 3.37. The Kier molecular flexibility index (Phi) is 2.38. The molecule has 1 nitrogen and oxygen atoms in total. The second-order valence-corrected chi connectivity index (χ2v) is 4.79. The Hall–Kier alpha value is -0.980. The fraction of sp³-hybridized carbons (Fsp3) is 0.500. The quantitative estimate of drug-likeness (QED) is 0.605. The molecule has 0 spiro atoms. The summed E-state index contributed by atoms with van der Waals surface area (Å²) in [6.07, 6.45) is 0. The summed E-state index contributed by atoms with van der Waals surface area (Å²) in [6, 6.07) is 4.31. The minimum atomic E-state index is 0.140. The number of anilines is 1. The number of hydrogen-bond acceptors (Lipinski definition) is 1. The van der Waals surface area contributed by atoms with Crippen molar-refractivity contribution in [3.63, 3.8) is 0 Å². The summed E-state index contributed by atoms with van der Waals surface area (Å²) in [5.41, 5.74) is 10.8. The molecule has 0 aliphatic heterocycles. The Morgan fingerprint density at radius 2 is 1.62 bits per heavy atom. The lowest BCUT2D eigenvalue weighted by atomic mass is 9.84. The number of aryl methyl sites for hydroxylation is 2. The van der Waals surface area contributed by atoms with Gasteiger partial charge in [-0.3, -0.25) is 0 Å². The topological polar surface area (TPSA) is 26.0 Å². The van der Waals surface area contributed by atoms with Gasteiger partial charge in [0.1, 0.15) is 0 Å². The minimum absolute atomic E-state index is 0.140. The van der Waals surface area contributed by atoms with Crippen LogP contribution in [0.2, 0.25) is 0 Å². The van der Waals surface area contributed by atoms with E-state index in [4.69, 9.17) is 5.73 Å². The molecule has 0 fully saturated rings. The van der Waals surface area contributed by atoms with Crippen LogP contribution in [0.1, 0.15) is 37.5 Å². The molecule has 1 rings (SSSR count). The maximum absolute atomic E-state index is 6.04. The molecule has 1 aromatic rings. The number of nitrogens with two attached hydrogens (primary N) is 1. The number of hydrogen-bond donors (Lipinski definition) is 1. The molecule has 13 heavy (non-hydrogen) atoms. The molecule has 0 aliphatic rings. The van der Waals surface area contributed by atoms with Gasteiger partial charge in [0.15, 0.2) is 0 Å². The van der Waals surface area contributed by atoms with Gasteiger partial charge < -0.3 is 5.73 Å². The van der Waals surface area contributed by atoms with Gasteiger partial charge in [0.25, 0.3) is 0 Å². The van der Waals surface area contributed by atoms with Crippen molar-refractivity contribution in [3.8, 4) is 0 Å². The van der Waals surface area contributed by atoms with Crippen LogP contribution in [-0.4, -0.2) is 0 Å². The molecule has 2 N–H and O–H groups in total. The summed E-state index contributed by atoms with van der Waals surface area (Å²) in [4.78, 5) is 0. The normalized spacial score (nSPS) is 11.8. The molecule has 0 amide bonds. The van der Waals surface area contributed by atoms with Crippen molar-refractivity contribution in [3.05, 3.63) is 28.8 Å². The minimum Gasteiger partial charge on any atom is -0.398 e. The van der Waals surface area contributed by atoms with Gasteiger partial charge in [-0.15, -0.1) is 0 Å². The molecule has 0 radical (unpaired) electrons. The van der Waals surface area contributed by atoms with E-state index in [-0.39, 0.29) is 5.41 Å². The molecule has 0 aliphatic carbocycles. The fourth-order valence-electron chi connectivity index (χ4n) is 1.60. The van der Waals surface area contributed by atoms with E-state index < -0.39 is 0 Å². The van der Waals surface area contributed by atoms with Gasteiger partial charge in [-0.2, -0.15) is 0 Å². The first-order valence-electron chi connectivity index (χ1n) is 4.69. The van der Waals surface area contributed by atoms with E-state index in [1.165, 1.54) is 16.7 Å². The Labute approximate surface area is 81.0 Å². The van der Waals surface area contributed by atoms with E-state index in [0.717, 1.165) is 5.69 Å². The smallest absolute Gasteiger partial charge is 0.0381 e. The van der Waals surface area contributed by atoms with E-state index in [9.17, 15) is 0 Å². The Morgan fingerprint density at radius 3 is 2.08 bits per heavy atom. The Morgan fingerprint density at radius 1 is 1.08 bits per heavy atom. The lowest BCUT2D eigenvalue weighted by Crippen LogP contribution is -2.15. The molecule has 0 heterocycles. The van der Waals surface area contributed by atoms with Crippen LogP contribution < -0.4 is 5.73 Å². The van der Waals surface area contributed by atoms with Crippen LogP contribution in [0.15, 0.2) is 12.1 Å². The fourth-order valence-corrected chi connectivity index (χ4v) is 1.60. The van der Waals surface area contributed by atoms with Gasteiger partial charge in [-0.25, -0.2) is 0 Å². The highest BCUT2D eigenvalue weighted by atomic mass is 14.6. The summed E-state index contributed by atoms with van der Waals surface area (Å²) in [5.74, 6) is 0. The van der Waals surface area contributed by atoms with Crippen LogP contribution in [0, 0.1) is 13.8 Å². The molecule has 0 bridgehead atoms. The lowest BCUT2D eigenvalue weighted by molar-refractivity contribution is 0.591. The molecule has 0 saturated heterocycles. The van der Waals surface area contributed by atoms with Gasteiger partial charge >= 0.3 is 0 Å². The average molecular weight is 177 g/mol. The SMILES string of the molecule is Cc1cc(C)c(N)c(C(C)(C)C)c1. The van der Waals surface area contributed by atoms with Gasteiger partial charge in [-0.05, 0) is 30.4 Å². The summed E-state index contributed by atoms with van der Waals surface area (Å²) < 4.78 is 0. The predicted molar refractivity (Wildman–Crippen MR) is 59.0 cm³/mol. The summed E-state index contributed by atoms with van der Waals surface area (Å²) in [6.45, 7) is 10.8. The zero-order valence-electron chi connectivity index (χ0n) is 9.23. The van der Waals surface area contributed by atoms with Crippen molar-refractivity contribution < 1.29 is 0 Å². The van der Waals surface area contributed by atoms with Crippen molar-refractivity contribution >= 4 is 5.69 Å². The zero-order chi connectivity index (χ0) is 10.2. The molecule has 0 saturated carbocycles. The number of rotatable bonds is 0. The van der Waals surface area contributed by atoms with Crippen LogP contribution in [-0.2, 0) is 5.41 Å². The van der Waals surface area contributed by atoms with E-state index >= 15 is 0 Å². The second kappa shape index (κ2) is 3.06. The molecule has 1 heteroatoms. The molecular weight excluding hydrogens is 158 g/mol. The second-order valence-electron chi connectivity index (χ2n) is 4.79. The first-order chi connectivity index (χ1) is 5.82. The largest absolute Gasteiger partial charge is 0.398 e. The first kappa shape index (κ1) is 10.1. The molecular formula is C12H19N. The average Bonchev–Trinajstić information content (AvgIpc) is 1.94. The zero-order valence-corrected chi connectivity index (χ0v) is 9.23. The lowest BCUT2D eigenvalue weighted by Gasteiger charge is -2.23. The number of nitrogen functional groups attached to an aromatic ring is 1. The van der Waals surface area contributed by atoms with Crippen molar-refractivity contribution in [1.82, 2.24) is 0 Å². The molecule has 0 unspecified atom stereocenters. The van der Waals surface area contributed by atoms with Crippen LogP contribution >= 0.6 is 0 Å². The van der Waals surface area contributed by atoms with Crippen molar-refractivity contribution in [1.29, 1.82) is 0 Å². The van der Waals surface area contributed by atoms with E-state index in [2.05, 4.69) is 46.8 Å². The van der Waals surface area contributed by atoms with E-state index in [0.29, 0.717) is 0 Å². The van der Waals surface area contributed by atoms with Gasteiger partial charge in [-0.1, -0.05) is 38.5 Å². The number of benzene rings is 1. The third-order valence-corrected chi connectivity index (χ3v) is 2.34. The monoisotopic (exact) mass is 177 g/mol. The van der Waals surface area contributed by atoms with Gasteiger partial charge in [0.2, 0.25) is 0 Å². The Bertz CT molecular complexity index is 319. The first-order valence-corrected chi connectivity index (χ1v) is 4.69. The highest BCUT2D eigenvalue weighted by Gasteiger charge is 2.17.